The molecule has 1 aliphatic rings. The molecule has 1 saturated heterocycles. The van der Waals surface area contributed by atoms with Gasteiger partial charge in [-0.1, -0.05) is 6.92 Å². The fourth-order valence-electron chi connectivity index (χ4n) is 1.16. The van der Waals surface area contributed by atoms with Crippen LogP contribution in [0.5, 0.6) is 0 Å². The maximum Gasteiger partial charge on any atom is 0.236 e. The number of carbonyl (C=O) groups excluding carboxylic acids is 1. The molecule has 1 amide bonds. The summed E-state index contributed by atoms with van der Waals surface area (Å²) in [6.07, 6.45) is 2.54. The number of hydrogen-bond donors (Lipinski definition) is 1. The predicted octanol–water partition coefficient (Wildman–Crippen LogP) is 0.261. The number of nitrogens with zero attached hydrogens (tertiary/aromatic N) is 1. The third kappa shape index (κ3) is 1.05. The molecule has 0 aromatic rings. The smallest absolute Gasteiger partial charge is 0.236 e. The Bertz CT molecular complexity index is 124. The van der Waals surface area contributed by atoms with Crippen LogP contribution in [-0.4, -0.2) is 17.0 Å². The molecule has 0 aliphatic carbocycles. The molecule has 2 N–H and O–H groups in total. The molecule has 1 fully saturated rings. The largest absolute Gasteiger partial charge is 0.278 e. The van der Waals surface area contributed by atoms with Crippen LogP contribution in [-0.2, 0) is 4.79 Å². The molecule has 0 aromatic carbocycles. The lowest BCUT2D eigenvalue weighted by Crippen LogP contribution is -2.38. The van der Waals surface area contributed by atoms with Gasteiger partial charge < -0.3 is 0 Å². The van der Waals surface area contributed by atoms with Crippen LogP contribution in [0.15, 0.2) is 0 Å². The van der Waals surface area contributed by atoms with Gasteiger partial charge in [0.25, 0.3) is 0 Å². The first kappa shape index (κ1) is 6.55. The number of hydrogen-bond acceptors (Lipinski definition) is 2. The third-order valence-electron chi connectivity index (χ3n) is 1.84. The molecule has 9 heavy (non-hydrogen) atoms. The lowest BCUT2D eigenvalue weighted by Gasteiger charge is -2.16. The van der Waals surface area contributed by atoms with Crippen molar-refractivity contribution in [3.05, 3.63) is 0 Å². The van der Waals surface area contributed by atoms with Crippen molar-refractivity contribution in [2.75, 3.05) is 0 Å². The number of carbonyl (C=O) groups is 1. The van der Waals surface area contributed by atoms with Gasteiger partial charge in [-0.25, -0.2) is 5.84 Å². The molecule has 52 valence electrons. The number of rotatable bonds is 1. The molecule has 3 heteroatoms. The first-order valence-electron chi connectivity index (χ1n) is 3.32. The Labute approximate surface area is 54.8 Å². The summed E-state index contributed by atoms with van der Waals surface area (Å²) in [5.74, 6) is 5.50. The van der Waals surface area contributed by atoms with Crippen molar-refractivity contribution >= 4 is 5.91 Å². The van der Waals surface area contributed by atoms with E-state index in [0.717, 1.165) is 12.8 Å². The van der Waals surface area contributed by atoms with Gasteiger partial charge in [-0.15, -0.1) is 0 Å². The van der Waals surface area contributed by atoms with Gasteiger partial charge in [-0.3, -0.25) is 9.80 Å². The Kier molecular flexibility index (Phi) is 1.71. The zero-order valence-electron chi connectivity index (χ0n) is 5.63. The molecule has 0 aromatic heterocycles. The predicted molar refractivity (Wildman–Crippen MR) is 34.3 cm³/mol. The summed E-state index contributed by atoms with van der Waals surface area (Å²) in [5.41, 5.74) is 0. The zero-order chi connectivity index (χ0) is 6.85. The second-order valence-electron chi connectivity index (χ2n) is 2.40. The minimum Gasteiger partial charge on any atom is -0.278 e. The first-order chi connectivity index (χ1) is 4.25. The van der Waals surface area contributed by atoms with Gasteiger partial charge in [0.15, 0.2) is 0 Å². The fourth-order valence-corrected chi connectivity index (χ4v) is 1.16. The minimum absolute atomic E-state index is 0.0850. The standard InChI is InChI=1S/C6H12N2O/c1-2-5-3-4-6(9)8(5)7/h5H,2-4,7H2,1H3/t5-/m0/s1. The van der Waals surface area contributed by atoms with Crippen molar-refractivity contribution in [2.45, 2.75) is 32.2 Å². The van der Waals surface area contributed by atoms with E-state index in [9.17, 15) is 4.79 Å². The van der Waals surface area contributed by atoms with Crippen molar-refractivity contribution in [1.29, 1.82) is 0 Å². The highest BCUT2D eigenvalue weighted by molar-refractivity contribution is 5.77. The zero-order valence-corrected chi connectivity index (χ0v) is 5.63. The third-order valence-corrected chi connectivity index (χ3v) is 1.84. The molecule has 3 nitrogen and oxygen atoms in total. The Morgan fingerprint density at radius 2 is 2.56 bits per heavy atom. The van der Waals surface area contributed by atoms with Crippen molar-refractivity contribution in [1.82, 2.24) is 5.01 Å². The minimum atomic E-state index is 0.0850. The van der Waals surface area contributed by atoms with Gasteiger partial charge in [-0.2, -0.15) is 0 Å². The highest BCUT2D eigenvalue weighted by atomic mass is 16.2. The summed E-state index contributed by atoms with van der Waals surface area (Å²) in [6.45, 7) is 2.04. The summed E-state index contributed by atoms with van der Waals surface area (Å²) < 4.78 is 0. The molecule has 1 rings (SSSR count). The number of hydrazine groups is 1. The van der Waals surface area contributed by atoms with E-state index < -0.39 is 0 Å². The highest BCUT2D eigenvalue weighted by Crippen LogP contribution is 2.16. The molecule has 1 aliphatic heterocycles. The molecular formula is C6H12N2O. The van der Waals surface area contributed by atoms with Gasteiger partial charge in [0.2, 0.25) is 5.91 Å². The van der Waals surface area contributed by atoms with Crippen LogP contribution in [0.3, 0.4) is 0 Å². The maximum atomic E-state index is 10.7. The van der Waals surface area contributed by atoms with Gasteiger partial charge >= 0.3 is 0 Å². The highest BCUT2D eigenvalue weighted by Gasteiger charge is 2.26. The van der Waals surface area contributed by atoms with E-state index in [1.165, 1.54) is 5.01 Å². The molecule has 1 heterocycles. The Balaban J connectivity index is 2.51. The summed E-state index contributed by atoms with van der Waals surface area (Å²) in [4.78, 5) is 10.7. The van der Waals surface area contributed by atoms with Crippen molar-refractivity contribution < 1.29 is 4.79 Å². The van der Waals surface area contributed by atoms with Crippen molar-refractivity contribution in [3.63, 3.8) is 0 Å². The summed E-state index contributed by atoms with van der Waals surface area (Å²) in [6, 6.07) is 0.303. The summed E-state index contributed by atoms with van der Waals surface area (Å²) >= 11 is 0. The Morgan fingerprint density at radius 1 is 1.89 bits per heavy atom. The van der Waals surface area contributed by atoms with E-state index in [1.807, 2.05) is 6.92 Å². The van der Waals surface area contributed by atoms with Crippen molar-refractivity contribution in [2.24, 2.45) is 5.84 Å². The average molecular weight is 128 g/mol. The monoisotopic (exact) mass is 128 g/mol. The fraction of sp³-hybridized carbons (Fsp3) is 0.833. The molecule has 0 radical (unpaired) electrons. The summed E-state index contributed by atoms with van der Waals surface area (Å²) in [7, 11) is 0. The Hall–Kier alpha value is -0.570. The van der Waals surface area contributed by atoms with E-state index >= 15 is 0 Å². The van der Waals surface area contributed by atoms with Crippen LogP contribution >= 0.6 is 0 Å². The molecule has 0 saturated carbocycles. The van der Waals surface area contributed by atoms with E-state index in [1.54, 1.807) is 0 Å². The van der Waals surface area contributed by atoms with Crippen LogP contribution in [0.4, 0.5) is 0 Å². The van der Waals surface area contributed by atoms with E-state index in [2.05, 4.69) is 0 Å². The molecular weight excluding hydrogens is 116 g/mol. The van der Waals surface area contributed by atoms with Gasteiger partial charge in [0.05, 0.1) is 0 Å². The van der Waals surface area contributed by atoms with Gasteiger partial charge in [-0.05, 0) is 12.8 Å². The topological polar surface area (TPSA) is 46.3 Å². The SMILES string of the molecule is CC[C@H]1CCC(=O)N1N. The summed E-state index contributed by atoms with van der Waals surface area (Å²) in [5, 5.41) is 1.36. The van der Waals surface area contributed by atoms with Crippen LogP contribution in [0.2, 0.25) is 0 Å². The average Bonchev–Trinajstić information content (AvgIpc) is 2.15. The normalized spacial score (nSPS) is 27.6. The second kappa shape index (κ2) is 2.35. The molecule has 1 atom stereocenters. The van der Waals surface area contributed by atoms with Gasteiger partial charge in [0.1, 0.15) is 0 Å². The Morgan fingerprint density at radius 3 is 2.78 bits per heavy atom. The number of nitrogens with two attached hydrogens (primary N) is 1. The molecule has 0 spiro atoms. The lowest BCUT2D eigenvalue weighted by atomic mass is 10.2. The number of amides is 1. The van der Waals surface area contributed by atoms with Crippen molar-refractivity contribution in [3.8, 4) is 0 Å². The van der Waals surface area contributed by atoms with Crippen LogP contribution < -0.4 is 5.84 Å². The van der Waals surface area contributed by atoms with E-state index in [-0.39, 0.29) is 5.91 Å². The van der Waals surface area contributed by atoms with E-state index in [0.29, 0.717) is 12.5 Å². The van der Waals surface area contributed by atoms with Crippen LogP contribution in [0, 0.1) is 0 Å². The molecule has 0 bridgehead atoms. The quantitative estimate of drug-likeness (QED) is 0.406. The van der Waals surface area contributed by atoms with Crippen LogP contribution in [0.25, 0.3) is 0 Å². The van der Waals surface area contributed by atoms with Crippen LogP contribution in [0.1, 0.15) is 26.2 Å². The maximum absolute atomic E-state index is 10.7. The lowest BCUT2D eigenvalue weighted by molar-refractivity contribution is -0.129. The van der Waals surface area contributed by atoms with E-state index in [4.69, 9.17) is 5.84 Å². The first-order valence-corrected chi connectivity index (χ1v) is 3.32. The molecule has 0 unspecified atom stereocenters. The second-order valence-corrected chi connectivity index (χ2v) is 2.40. The van der Waals surface area contributed by atoms with Gasteiger partial charge in [0, 0.05) is 12.5 Å².